The van der Waals surface area contributed by atoms with Gasteiger partial charge in [-0.1, -0.05) is 0 Å². The number of aryl methyl sites for hydroxylation is 3. The monoisotopic (exact) mass is 242 g/mol. The zero-order valence-electron chi connectivity index (χ0n) is 10.8. The summed E-state index contributed by atoms with van der Waals surface area (Å²) in [6, 6.07) is 1.92. The van der Waals surface area contributed by atoms with Gasteiger partial charge in [0.15, 0.2) is 0 Å². The Morgan fingerprint density at radius 1 is 1.00 bits per heavy atom. The lowest BCUT2D eigenvalue weighted by atomic mass is 10.2. The van der Waals surface area contributed by atoms with E-state index in [-0.39, 0.29) is 0 Å². The van der Waals surface area contributed by atoms with E-state index in [1.54, 1.807) is 7.11 Å². The number of nitrogens with zero attached hydrogens (tertiary/aromatic N) is 3. The number of fused-ring (bicyclic) bond motifs is 3. The molecule has 0 unspecified atom stereocenters. The van der Waals surface area contributed by atoms with Gasteiger partial charge in [0.05, 0.1) is 18.3 Å². The molecule has 92 valence electrons. The molecule has 1 N–H and O–H groups in total. The summed E-state index contributed by atoms with van der Waals surface area (Å²) in [4.78, 5) is 16.8. The lowest BCUT2D eigenvalue weighted by Gasteiger charge is -2.07. The van der Waals surface area contributed by atoms with Crippen LogP contribution < -0.4 is 4.74 Å². The molecule has 0 fully saturated rings. The molecule has 2 heterocycles. The molecule has 18 heavy (non-hydrogen) atoms. The van der Waals surface area contributed by atoms with Crippen LogP contribution in [0.5, 0.6) is 5.75 Å². The summed E-state index contributed by atoms with van der Waals surface area (Å²) in [5.41, 5.74) is 5.33. The van der Waals surface area contributed by atoms with E-state index >= 15 is 0 Å². The van der Waals surface area contributed by atoms with Gasteiger partial charge < -0.3 is 9.72 Å². The fraction of sp³-hybridized carbons (Fsp3) is 0.308. The third-order valence-corrected chi connectivity index (χ3v) is 3.12. The van der Waals surface area contributed by atoms with Crippen molar-refractivity contribution in [1.82, 2.24) is 19.9 Å². The Morgan fingerprint density at radius 2 is 1.72 bits per heavy atom. The summed E-state index contributed by atoms with van der Waals surface area (Å²) in [6.45, 7) is 5.85. The van der Waals surface area contributed by atoms with Crippen LogP contribution in [0.3, 0.4) is 0 Å². The number of nitrogens with one attached hydrogen (secondary N) is 1. The Kier molecular flexibility index (Phi) is 2.23. The van der Waals surface area contributed by atoms with Gasteiger partial charge in [0, 0.05) is 11.8 Å². The Labute approximate surface area is 104 Å². The number of benzene rings is 1. The number of rotatable bonds is 1. The standard InChI is InChI=1S/C13H14N4O/c1-6-7(2)15-11-9(14-6)5-10(18-4)12-13(11)17-8(3)16-12/h5,14H,1-4H3. The van der Waals surface area contributed by atoms with Gasteiger partial charge in [-0.25, -0.2) is 15.0 Å². The van der Waals surface area contributed by atoms with E-state index in [0.717, 1.165) is 45.0 Å². The lowest BCUT2D eigenvalue weighted by molar-refractivity contribution is 0.419. The van der Waals surface area contributed by atoms with Gasteiger partial charge in [-0.3, -0.25) is 0 Å². The van der Waals surface area contributed by atoms with Crippen molar-refractivity contribution in [3.63, 3.8) is 0 Å². The summed E-state index contributed by atoms with van der Waals surface area (Å²) in [5, 5.41) is 0. The Hall–Kier alpha value is -2.17. The van der Waals surface area contributed by atoms with Crippen molar-refractivity contribution in [1.29, 1.82) is 0 Å². The van der Waals surface area contributed by atoms with Crippen LogP contribution in [0.25, 0.3) is 22.1 Å². The van der Waals surface area contributed by atoms with E-state index in [0.29, 0.717) is 0 Å². The number of imidazole rings is 1. The van der Waals surface area contributed by atoms with E-state index in [9.17, 15) is 0 Å². The summed E-state index contributed by atoms with van der Waals surface area (Å²) >= 11 is 0. The Bertz CT molecular complexity index is 761. The first-order valence-corrected chi connectivity index (χ1v) is 5.78. The number of aromatic amines is 1. The Morgan fingerprint density at radius 3 is 2.44 bits per heavy atom. The van der Waals surface area contributed by atoms with Crippen molar-refractivity contribution >= 4 is 22.1 Å². The van der Waals surface area contributed by atoms with Gasteiger partial charge in [0.25, 0.3) is 0 Å². The van der Waals surface area contributed by atoms with Crippen LogP contribution in [0.15, 0.2) is 6.07 Å². The van der Waals surface area contributed by atoms with Crippen LogP contribution in [0.4, 0.5) is 0 Å². The van der Waals surface area contributed by atoms with Crippen LogP contribution in [0.1, 0.15) is 17.2 Å². The van der Waals surface area contributed by atoms with E-state index < -0.39 is 0 Å². The third kappa shape index (κ3) is 1.44. The first-order chi connectivity index (χ1) is 8.60. The van der Waals surface area contributed by atoms with Crippen LogP contribution in [-0.4, -0.2) is 27.0 Å². The molecule has 3 rings (SSSR count). The number of hydrogen-bond donors (Lipinski definition) is 1. The normalized spacial score (nSPS) is 11.3. The first kappa shape index (κ1) is 11.0. The van der Waals surface area contributed by atoms with Gasteiger partial charge in [-0.2, -0.15) is 0 Å². The predicted molar refractivity (Wildman–Crippen MR) is 70.0 cm³/mol. The molecule has 0 saturated heterocycles. The van der Waals surface area contributed by atoms with Crippen molar-refractivity contribution in [2.45, 2.75) is 20.8 Å². The number of methoxy groups -OCH3 is 1. The molecular weight excluding hydrogens is 228 g/mol. The summed E-state index contributed by atoms with van der Waals surface area (Å²) in [7, 11) is 1.64. The fourth-order valence-electron chi connectivity index (χ4n) is 2.09. The van der Waals surface area contributed by atoms with E-state index in [2.05, 4.69) is 19.9 Å². The summed E-state index contributed by atoms with van der Waals surface area (Å²) < 4.78 is 5.37. The fourth-order valence-corrected chi connectivity index (χ4v) is 2.09. The molecule has 0 spiro atoms. The molecule has 0 radical (unpaired) electrons. The van der Waals surface area contributed by atoms with Crippen molar-refractivity contribution < 1.29 is 4.74 Å². The maximum Gasteiger partial charge on any atom is 0.149 e. The average Bonchev–Trinajstić information content (AvgIpc) is 2.72. The second-order valence-electron chi connectivity index (χ2n) is 4.39. The van der Waals surface area contributed by atoms with Crippen LogP contribution >= 0.6 is 0 Å². The topological polar surface area (TPSA) is 63.7 Å². The van der Waals surface area contributed by atoms with Crippen molar-refractivity contribution in [3.05, 3.63) is 23.3 Å². The van der Waals surface area contributed by atoms with E-state index in [4.69, 9.17) is 4.74 Å². The number of H-pyrrole nitrogens is 1. The molecule has 0 aliphatic carbocycles. The quantitative estimate of drug-likeness (QED) is 0.711. The average molecular weight is 242 g/mol. The van der Waals surface area contributed by atoms with Crippen LogP contribution in [0, 0.1) is 20.8 Å². The highest BCUT2D eigenvalue weighted by molar-refractivity contribution is 6.03. The molecule has 5 nitrogen and oxygen atoms in total. The summed E-state index contributed by atoms with van der Waals surface area (Å²) in [6.07, 6.45) is 0. The maximum absolute atomic E-state index is 5.37. The lowest BCUT2D eigenvalue weighted by Crippen LogP contribution is -1.95. The second-order valence-corrected chi connectivity index (χ2v) is 4.39. The highest BCUT2D eigenvalue weighted by Gasteiger charge is 2.14. The molecule has 3 aromatic rings. The minimum Gasteiger partial charge on any atom is -0.494 e. The van der Waals surface area contributed by atoms with Crippen LogP contribution in [-0.2, 0) is 0 Å². The number of ether oxygens (including phenoxy) is 1. The SMILES string of the molecule is COc1cc2[nH]c(C)c(C)nc2c2nc(C)nc12. The molecular formula is C13H14N4O. The largest absolute Gasteiger partial charge is 0.494 e. The van der Waals surface area contributed by atoms with Crippen LogP contribution in [0.2, 0.25) is 0 Å². The molecule has 0 amide bonds. The predicted octanol–water partition coefficient (Wildman–Crippen LogP) is 2.44. The zero-order chi connectivity index (χ0) is 12.9. The maximum atomic E-state index is 5.37. The third-order valence-electron chi connectivity index (χ3n) is 3.12. The highest BCUT2D eigenvalue weighted by atomic mass is 16.5. The molecule has 2 aromatic heterocycles. The van der Waals surface area contributed by atoms with Gasteiger partial charge in [-0.15, -0.1) is 0 Å². The van der Waals surface area contributed by atoms with Gasteiger partial charge in [-0.05, 0) is 20.8 Å². The van der Waals surface area contributed by atoms with Gasteiger partial charge >= 0.3 is 0 Å². The summed E-state index contributed by atoms with van der Waals surface area (Å²) in [5.74, 6) is 1.45. The van der Waals surface area contributed by atoms with Crippen molar-refractivity contribution in [2.75, 3.05) is 7.11 Å². The van der Waals surface area contributed by atoms with Gasteiger partial charge in [0.1, 0.15) is 28.1 Å². The molecule has 0 atom stereocenters. The molecule has 0 aliphatic rings. The minimum absolute atomic E-state index is 0.722. The molecule has 0 bridgehead atoms. The zero-order valence-corrected chi connectivity index (χ0v) is 10.8. The minimum atomic E-state index is 0.722. The molecule has 5 heteroatoms. The Balaban J connectivity index is 2.54. The number of hydrogen-bond acceptors (Lipinski definition) is 4. The molecule has 0 aliphatic heterocycles. The van der Waals surface area contributed by atoms with Gasteiger partial charge in [0.2, 0.25) is 0 Å². The van der Waals surface area contributed by atoms with Crippen molar-refractivity contribution in [3.8, 4) is 5.75 Å². The smallest absolute Gasteiger partial charge is 0.149 e. The van der Waals surface area contributed by atoms with E-state index in [1.807, 2.05) is 26.8 Å². The van der Waals surface area contributed by atoms with Crippen molar-refractivity contribution in [2.24, 2.45) is 0 Å². The highest BCUT2D eigenvalue weighted by Crippen LogP contribution is 2.30. The first-order valence-electron chi connectivity index (χ1n) is 5.78. The van der Waals surface area contributed by atoms with E-state index in [1.165, 1.54) is 0 Å². The number of aromatic nitrogens is 4. The molecule has 0 saturated carbocycles. The molecule has 1 aromatic carbocycles. The second kappa shape index (κ2) is 3.66.